The number of hydrogen-bond acceptors (Lipinski definition) is 3. The summed E-state index contributed by atoms with van der Waals surface area (Å²) in [6, 6.07) is 3.11. The van der Waals surface area contributed by atoms with E-state index in [0.717, 1.165) is 18.5 Å². The Labute approximate surface area is 86.1 Å². The summed E-state index contributed by atoms with van der Waals surface area (Å²) >= 11 is 0. The standard InChI is InChI=1S/C11H19N3/c1-13-10(6-12)8-14(11-4-5-11)7-9-2-3-9/h9-11,13H,2-5,7-8H2,1H3. The van der Waals surface area contributed by atoms with Crippen LogP contribution < -0.4 is 5.32 Å². The maximum Gasteiger partial charge on any atom is 0.108 e. The molecule has 0 heterocycles. The maximum atomic E-state index is 8.89. The van der Waals surface area contributed by atoms with E-state index in [1.807, 2.05) is 7.05 Å². The Morgan fingerprint density at radius 1 is 1.43 bits per heavy atom. The fraction of sp³-hybridized carbons (Fsp3) is 0.909. The first-order valence-electron chi connectivity index (χ1n) is 5.64. The predicted octanol–water partition coefficient (Wildman–Crippen LogP) is 0.972. The molecule has 1 atom stereocenters. The zero-order chi connectivity index (χ0) is 9.97. The van der Waals surface area contributed by atoms with E-state index in [1.54, 1.807) is 0 Å². The van der Waals surface area contributed by atoms with Crippen LogP contribution in [-0.2, 0) is 0 Å². The van der Waals surface area contributed by atoms with Crippen molar-refractivity contribution in [1.29, 1.82) is 5.26 Å². The van der Waals surface area contributed by atoms with Crippen molar-refractivity contribution in [2.45, 2.75) is 37.8 Å². The number of nitriles is 1. The molecule has 2 rings (SSSR count). The van der Waals surface area contributed by atoms with Gasteiger partial charge in [-0.2, -0.15) is 5.26 Å². The SMILES string of the molecule is CNC(C#N)CN(CC1CC1)C1CC1. The highest BCUT2D eigenvalue weighted by Crippen LogP contribution is 2.34. The highest BCUT2D eigenvalue weighted by Gasteiger charge is 2.34. The molecule has 1 N–H and O–H groups in total. The van der Waals surface area contributed by atoms with Crippen molar-refractivity contribution in [3.8, 4) is 6.07 Å². The van der Waals surface area contributed by atoms with Gasteiger partial charge < -0.3 is 5.32 Å². The summed E-state index contributed by atoms with van der Waals surface area (Å²) in [5, 5.41) is 11.9. The van der Waals surface area contributed by atoms with Gasteiger partial charge in [-0.05, 0) is 38.6 Å². The summed E-state index contributed by atoms with van der Waals surface area (Å²) in [6.45, 7) is 2.14. The van der Waals surface area contributed by atoms with Gasteiger partial charge >= 0.3 is 0 Å². The number of likely N-dealkylation sites (N-methyl/N-ethyl adjacent to an activating group) is 1. The monoisotopic (exact) mass is 193 g/mol. The number of nitrogens with one attached hydrogen (secondary N) is 1. The van der Waals surface area contributed by atoms with Crippen molar-refractivity contribution < 1.29 is 0 Å². The van der Waals surface area contributed by atoms with Crippen molar-refractivity contribution in [3.05, 3.63) is 0 Å². The Morgan fingerprint density at radius 2 is 2.14 bits per heavy atom. The lowest BCUT2D eigenvalue weighted by atomic mass is 10.2. The van der Waals surface area contributed by atoms with E-state index in [1.165, 1.54) is 32.2 Å². The molecule has 1 unspecified atom stereocenters. The van der Waals surface area contributed by atoms with Crippen LogP contribution in [0, 0.1) is 17.2 Å². The van der Waals surface area contributed by atoms with Crippen LogP contribution in [0.15, 0.2) is 0 Å². The molecule has 14 heavy (non-hydrogen) atoms. The Hall–Kier alpha value is -0.590. The first kappa shape index (κ1) is 9.95. The molecule has 0 radical (unpaired) electrons. The molecular formula is C11H19N3. The largest absolute Gasteiger partial charge is 0.304 e. The minimum atomic E-state index is 0.00866. The molecule has 0 aromatic rings. The van der Waals surface area contributed by atoms with Crippen LogP contribution in [0.2, 0.25) is 0 Å². The summed E-state index contributed by atoms with van der Waals surface area (Å²) in [4.78, 5) is 2.52. The molecule has 2 aliphatic rings. The lowest BCUT2D eigenvalue weighted by Crippen LogP contribution is -2.40. The molecule has 0 bridgehead atoms. The molecule has 3 nitrogen and oxygen atoms in total. The minimum Gasteiger partial charge on any atom is -0.304 e. The third-order valence-corrected chi connectivity index (χ3v) is 3.17. The number of hydrogen-bond donors (Lipinski definition) is 1. The van der Waals surface area contributed by atoms with Gasteiger partial charge in [-0.1, -0.05) is 0 Å². The highest BCUT2D eigenvalue weighted by molar-refractivity contribution is 4.96. The summed E-state index contributed by atoms with van der Waals surface area (Å²) in [6.07, 6.45) is 5.49. The predicted molar refractivity (Wildman–Crippen MR) is 55.8 cm³/mol. The Bertz CT molecular complexity index is 225. The number of nitrogens with zero attached hydrogens (tertiary/aromatic N) is 2. The lowest BCUT2D eigenvalue weighted by molar-refractivity contribution is 0.241. The molecule has 78 valence electrons. The molecule has 0 aliphatic heterocycles. The molecule has 2 fully saturated rings. The molecule has 0 aromatic carbocycles. The van der Waals surface area contributed by atoms with Gasteiger partial charge in [-0.3, -0.25) is 4.90 Å². The minimum absolute atomic E-state index is 0.00866. The van der Waals surface area contributed by atoms with Gasteiger partial charge in [0.25, 0.3) is 0 Å². The topological polar surface area (TPSA) is 39.1 Å². The Morgan fingerprint density at radius 3 is 2.57 bits per heavy atom. The molecule has 2 saturated carbocycles. The first-order chi connectivity index (χ1) is 6.83. The fourth-order valence-electron chi connectivity index (χ4n) is 1.88. The van der Waals surface area contributed by atoms with Crippen LogP contribution in [0.3, 0.4) is 0 Å². The average molecular weight is 193 g/mol. The highest BCUT2D eigenvalue weighted by atomic mass is 15.2. The lowest BCUT2D eigenvalue weighted by Gasteiger charge is -2.23. The van der Waals surface area contributed by atoms with E-state index in [0.29, 0.717) is 0 Å². The summed E-state index contributed by atoms with van der Waals surface area (Å²) < 4.78 is 0. The Kier molecular flexibility index (Phi) is 3.05. The molecule has 0 amide bonds. The van der Waals surface area contributed by atoms with E-state index in [-0.39, 0.29) is 6.04 Å². The second-order valence-corrected chi connectivity index (χ2v) is 4.60. The quantitative estimate of drug-likeness (QED) is 0.683. The van der Waals surface area contributed by atoms with Crippen LogP contribution in [0.4, 0.5) is 0 Å². The smallest absolute Gasteiger partial charge is 0.108 e. The first-order valence-corrected chi connectivity index (χ1v) is 5.64. The van der Waals surface area contributed by atoms with Crippen molar-refractivity contribution in [2.75, 3.05) is 20.1 Å². The second kappa shape index (κ2) is 4.29. The van der Waals surface area contributed by atoms with Crippen LogP contribution in [-0.4, -0.2) is 37.1 Å². The molecule has 0 saturated heterocycles. The van der Waals surface area contributed by atoms with Crippen LogP contribution in [0.5, 0.6) is 0 Å². The summed E-state index contributed by atoms with van der Waals surface area (Å²) in [5.41, 5.74) is 0. The van der Waals surface area contributed by atoms with Gasteiger partial charge in [0, 0.05) is 19.1 Å². The van der Waals surface area contributed by atoms with E-state index < -0.39 is 0 Å². The zero-order valence-corrected chi connectivity index (χ0v) is 8.87. The van der Waals surface area contributed by atoms with Gasteiger partial charge in [0.2, 0.25) is 0 Å². The summed E-state index contributed by atoms with van der Waals surface area (Å²) in [7, 11) is 1.87. The van der Waals surface area contributed by atoms with E-state index in [9.17, 15) is 0 Å². The van der Waals surface area contributed by atoms with E-state index in [2.05, 4.69) is 16.3 Å². The second-order valence-electron chi connectivity index (χ2n) is 4.60. The van der Waals surface area contributed by atoms with Crippen molar-refractivity contribution in [2.24, 2.45) is 5.92 Å². The van der Waals surface area contributed by atoms with Crippen LogP contribution in [0.1, 0.15) is 25.7 Å². The van der Waals surface area contributed by atoms with Gasteiger partial charge in [-0.15, -0.1) is 0 Å². The molecule has 3 heteroatoms. The molecular weight excluding hydrogens is 174 g/mol. The van der Waals surface area contributed by atoms with Gasteiger partial charge in [0.15, 0.2) is 0 Å². The zero-order valence-electron chi connectivity index (χ0n) is 8.87. The third-order valence-electron chi connectivity index (χ3n) is 3.17. The van der Waals surface area contributed by atoms with E-state index in [4.69, 9.17) is 5.26 Å². The van der Waals surface area contributed by atoms with Gasteiger partial charge in [0.05, 0.1) is 6.07 Å². The van der Waals surface area contributed by atoms with Crippen LogP contribution in [0.25, 0.3) is 0 Å². The van der Waals surface area contributed by atoms with Crippen molar-refractivity contribution >= 4 is 0 Å². The van der Waals surface area contributed by atoms with Crippen molar-refractivity contribution in [3.63, 3.8) is 0 Å². The molecule has 0 spiro atoms. The number of rotatable bonds is 6. The molecule has 0 aromatic heterocycles. The van der Waals surface area contributed by atoms with E-state index >= 15 is 0 Å². The van der Waals surface area contributed by atoms with Crippen molar-refractivity contribution in [1.82, 2.24) is 10.2 Å². The third kappa shape index (κ3) is 2.70. The normalized spacial score (nSPS) is 23.5. The fourth-order valence-corrected chi connectivity index (χ4v) is 1.88. The van der Waals surface area contributed by atoms with Gasteiger partial charge in [-0.25, -0.2) is 0 Å². The molecule has 2 aliphatic carbocycles. The van der Waals surface area contributed by atoms with Crippen LogP contribution >= 0.6 is 0 Å². The summed E-state index contributed by atoms with van der Waals surface area (Å²) in [5.74, 6) is 0.937. The van der Waals surface area contributed by atoms with Gasteiger partial charge in [0.1, 0.15) is 6.04 Å². The average Bonchev–Trinajstić information content (AvgIpc) is 3.03. The maximum absolute atomic E-state index is 8.89. The Balaban J connectivity index is 1.79.